The highest BCUT2D eigenvalue weighted by atomic mass is 16.3. The van der Waals surface area contributed by atoms with Gasteiger partial charge >= 0.3 is 0 Å². The molecule has 0 saturated carbocycles. The summed E-state index contributed by atoms with van der Waals surface area (Å²) in [6.45, 7) is 2.30. The maximum Gasteiger partial charge on any atom is 0.138 e. The number of nitrogen functional groups attached to an aromatic ring is 1. The zero-order valence-electron chi connectivity index (χ0n) is 23.6. The molecule has 35 heavy (non-hydrogen) atoms. The Kier molecular flexibility index (Phi) is 22.3. The summed E-state index contributed by atoms with van der Waals surface area (Å²) in [6, 6.07) is 5.62. The van der Waals surface area contributed by atoms with Gasteiger partial charge in [0, 0.05) is 0 Å². The highest BCUT2D eigenvalue weighted by Gasteiger charge is 2.00. The molecule has 0 saturated heterocycles. The zero-order valence-corrected chi connectivity index (χ0v) is 23.6. The third-order valence-electron chi connectivity index (χ3n) is 7.66. The van der Waals surface area contributed by atoms with Crippen LogP contribution in [0, 0.1) is 0 Å². The highest BCUT2D eigenvalue weighted by molar-refractivity contribution is 5.53. The summed E-state index contributed by atoms with van der Waals surface area (Å²) in [5.41, 5.74) is 7.51. The van der Waals surface area contributed by atoms with Gasteiger partial charge in [0.25, 0.3) is 0 Å². The number of hydrogen-bond donors (Lipinski definition) is 2. The lowest BCUT2D eigenvalue weighted by atomic mass is 10.0. The van der Waals surface area contributed by atoms with Crippen molar-refractivity contribution in [3.05, 3.63) is 23.8 Å². The van der Waals surface area contributed by atoms with Gasteiger partial charge in [-0.3, -0.25) is 0 Å². The Balaban J connectivity index is 1.69. The molecule has 204 valence electrons. The maximum absolute atomic E-state index is 9.48. The smallest absolute Gasteiger partial charge is 0.138 e. The topological polar surface area (TPSA) is 46.2 Å². The van der Waals surface area contributed by atoms with Crippen LogP contribution >= 0.6 is 0 Å². The van der Waals surface area contributed by atoms with E-state index in [1.54, 1.807) is 6.07 Å². The van der Waals surface area contributed by atoms with Crippen LogP contribution in [0.2, 0.25) is 0 Å². The minimum Gasteiger partial charge on any atom is -0.506 e. The predicted octanol–water partition coefficient (Wildman–Crippen LogP) is 11.3. The number of benzene rings is 1. The molecule has 2 nitrogen and oxygen atoms in total. The van der Waals surface area contributed by atoms with Crippen molar-refractivity contribution in [3.8, 4) is 5.75 Å². The molecule has 3 N–H and O–H groups in total. The minimum atomic E-state index is 0.198. The number of phenolic OH excluding ortho intramolecular Hbond substituents is 1. The molecular formula is C33H61NO. The molecule has 0 heterocycles. The van der Waals surface area contributed by atoms with Crippen molar-refractivity contribution in [3.63, 3.8) is 0 Å². The largest absolute Gasteiger partial charge is 0.506 e. The van der Waals surface area contributed by atoms with Crippen molar-refractivity contribution in [2.24, 2.45) is 0 Å². The normalized spacial score (nSPS) is 11.3. The second-order valence-corrected chi connectivity index (χ2v) is 11.1. The van der Waals surface area contributed by atoms with Gasteiger partial charge in [0.15, 0.2) is 0 Å². The van der Waals surface area contributed by atoms with E-state index in [9.17, 15) is 5.11 Å². The molecule has 1 aromatic carbocycles. The molecular weight excluding hydrogens is 426 g/mol. The summed E-state index contributed by atoms with van der Waals surface area (Å²) in [7, 11) is 0. The number of anilines is 1. The number of rotatable bonds is 26. The van der Waals surface area contributed by atoms with E-state index >= 15 is 0 Å². The Labute approximate surface area is 219 Å². The summed E-state index contributed by atoms with van der Waals surface area (Å²) in [6.07, 6.45) is 36.9. The molecule has 1 aromatic rings. The van der Waals surface area contributed by atoms with Gasteiger partial charge in [0.05, 0.1) is 5.69 Å². The van der Waals surface area contributed by atoms with Crippen molar-refractivity contribution in [1.29, 1.82) is 0 Å². The lowest BCUT2D eigenvalue weighted by Crippen LogP contribution is -1.91. The molecule has 0 aliphatic carbocycles. The first kappa shape index (κ1) is 31.8. The lowest BCUT2D eigenvalue weighted by Gasteiger charge is -2.05. The van der Waals surface area contributed by atoms with Gasteiger partial charge in [-0.25, -0.2) is 0 Å². The van der Waals surface area contributed by atoms with Gasteiger partial charge in [0.2, 0.25) is 0 Å². The summed E-state index contributed by atoms with van der Waals surface area (Å²) in [4.78, 5) is 0. The van der Waals surface area contributed by atoms with Gasteiger partial charge in [-0.15, -0.1) is 0 Å². The summed E-state index contributed by atoms with van der Waals surface area (Å²) in [5, 5.41) is 9.48. The summed E-state index contributed by atoms with van der Waals surface area (Å²) in [5.74, 6) is 0.198. The number of hydrogen-bond acceptors (Lipinski definition) is 2. The van der Waals surface area contributed by atoms with Crippen molar-refractivity contribution >= 4 is 5.69 Å². The predicted molar refractivity (Wildman–Crippen MR) is 157 cm³/mol. The average Bonchev–Trinajstić information content (AvgIpc) is 2.86. The molecule has 0 fully saturated rings. The molecule has 2 heteroatoms. The molecule has 0 atom stereocenters. The molecule has 0 radical (unpaired) electrons. The van der Waals surface area contributed by atoms with E-state index < -0.39 is 0 Å². The fraction of sp³-hybridized carbons (Fsp3) is 0.818. The Bertz CT molecular complexity index is 570. The van der Waals surface area contributed by atoms with E-state index in [1.165, 1.54) is 166 Å². The molecule has 0 bridgehead atoms. The Hall–Kier alpha value is -1.18. The van der Waals surface area contributed by atoms with Crippen LogP contribution in [0.5, 0.6) is 5.75 Å². The van der Waals surface area contributed by atoms with Crippen LogP contribution in [0.25, 0.3) is 0 Å². The number of phenols is 1. The second kappa shape index (κ2) is 24.5. The van der Waals surface area contributed by atoms with E-state index in [4.69, 9.17) is 5.73 Å². The number of nitrogens with two attached hydrogens (primary N) is 1. The molecule has 0 aliphatic heterocycles. The van der Waals surface area contributed by atoms with Crippen LogP contribution in [-0.4, -0.2) is 5.11 Å². The van der Waals surface area contributed by atoms with Crippen molar-refractivity contribution in [1.82, 2.24) is 0 Å². The van der Waals surface area contributed by atoms with Crippen LogP contribution < -0.4 is 5.73 Å². The summed E-state index contributed by atoms with van der Waals surface area (Å²) >= 11 is 0. The first-order valence-corrected chi connectivity index (χ1v) is 15.8. The van der Waals surface area contributed by atoms with Gasteiger partial charge < -0.3 is 10.8 Å². The fourth-order valence-electron chi connectivity index (χ4n) is 5.23. The molecule has 0 aromatic heterocycles. The number of unbranched alkanes of at least 4 members (excludes halogenated alkanes) is 24. The van der Waals surface area contributed by atoms with E-state index in [0.29, 0.717) is 5.69 Å². The first-order valence-electron chi connectivity index (χ1n) is 15.8. The molecule has 1 rings (SSSR count). The monoisotopic (exact) mass is 487 g/mol. The number of aromatic hydroxyl groups is 1. The van der Waals surface area contributed by atoms with E-state index in [1.807, 2.05) is 12.1 Å². The molecule has 0 aliphatic rings. The molecule has 0 amide bonds. The van der Waals surface area contributed by atoms with Crippen molar-refractivity contribution in [2.75, 3.05) is 5.73 Å². The van der Waals surface area contributed by atoms with Crippen LogP contribution in [0.4, 0.5) is 5.69 Å². The lowest BCUT2D eigenvalue weighted by molar-refractivity contribution is 0.477. The second-order valence-electron chi connectivity index (χ2n) is 11.1. The van der Waals surface area contributed by atoms with Crippen molar-refractivity contribution < 1.29 is 5.11 Å². The van der Waals surface area contributed by atoms with Gasteiger partial charge in [-0.1, -0.05) is 167 Å². The number of aryl methyl sites for hydroxylation is 1. The van der Waals surface area contributed by atoms with Gasteiger partial charge in [0.1, 0.15) is 5.75 Å². The third-order valence-corrected chi connectivity index (χ3v) is 7.66. The minimum absolute atomic E-state index is 0.198. The van der Waals surface area contributed by atoms with Crippen LogP contribution in [0.1, 0.15) is 173 Å². The van der Waals surface area contributed by atoms with Gasteiger partial charge in [-0.2, -0.15) is 0 Å². The highest BCUT2D eigenvalue weighted by Crippen LogP contribution is 2.22. The standard InChI is InChI=1S/C33H61NO/c1-2-3-4-5-6-7-8-9-10-11-12-13-14-15-16-17-18-19-20-21-22-23-24-25-26-27-31-28-29-33(35)32(34)30-31/h28-30,35H,2-27,34H2,1H3. The third kappa shape index (κ3) is 20.7. The Morgan fingerprint density at radius 1 is 0.486 bits per heavy atom. The quantitative estimate of drug-likeness (QED) is 0.0775. The van der Waals surface area contributed by atoms with E-state index in [-0.39, 0.29) is 5.75 Å². The first-order chi connectivity index (χ1) is 17.2. The van der Waals surface area contributed by atoms with Crippen molar-refractivity contribution in [2.45, 2.75) is 174 Å². The Morgan fingerprint density at radius 3 is 1.11 bits per heavy atom. The van der Waals surface area contributed by atoms with Crippen LogP contribution in [-0.2, 0) is 6.42 Å². The van der Waals surface area contributed by atoms with E-state index in [0.717, 1.165) is 6.42 Å². The zero-order chi connectivity index (χ0) is 25.2. The maximum atomic E-state index is 9.48. The summed E-state index contributed by atoms with van der Waals surface area (Å²) < 4.78 is 0. The SMILES string of the molecule is CCCCCCCCCCCCCCCCCCCCCCCCCCCc1ccc(O)c(N)c1. The van der Waals surface area contributed by atoms with Crippen LogP contribution in [0.15, 0.2) is 18.2 Å². The molecule has 0 spiro atoms. The average molecular weight is 488 g/mol. The fourth-order valence-corrected chi connectivity index (χ4v) is 5.23. The van der Waals surface area contributed by atoms with E-state index in [2.05, 4.69) is 6.92 Å². The van der Waals surface area contributed by atoms with Gasteiger partial charge in [-0.05, 0) is 30.5 Å². The van der Waals surface area contributed by atoms with Crippen LogP contribution in [0.3, 0.4) is 0 Å². The molecule has 0 unspecified atom stereocenters. The Morgan fingerprint density at radius 2 is 0.800 bits per heavy atom.